The fraction of sp³-hybridized carbons (Fsp3) is 0.526. The fourth-order valence-electron chi connectivity index (χ4n) is 3.13. The Hall–Kier alpha value is -0.930. The molecule has 2 rings (SSSR count). The van der Waals surface area contributed by atoms with Crippen LogP contribution in [-0.4, -0.2) is 28.4 Å². The molecule has 1 aliphatic rings. The van der Waals surface area contributed by atoms with Crippen LogP contribution in [0.15, 0.2) is 36.9 Å². The van der Waals surface area contributed by atoms with Gasteiger partial charge < -0.3 is 4.90 Å². The van der Waals surface area contributed by atoms with Crippen LogP contribution in [-0.2, 0) is 4.79 Å². The van der Waals surface area contributed by atoms with Crippen LogP contribution in [0.3, 0.4) is 0 Å². The molecule has 1 saturated heterocycles. The topological polar surface area (TPSA) is 20.3 Å². The summed E-state index contributed by atoms with van der Waals surface area (Å²) in [7, 11) is 0. The van der Waals surface area contributed by atoms with Crippen molar-refractivity contribution in [2.75, 3.05) is 12.3 Å². The van der Waals surface area contributed by atoms with Gasteiger partial charge in [-0.25, -0.2) is 0 Å². The van der Waals surface area contributed by atoms with Crippen LogP contribution in [0.1, 0.15) is 44.7 Å². The van der Waals surface area contributed by atoms with Crippen molar-refractivity contribution in [2.45, 2.75) is 44.4 Å². The van der Waals surface area contributed by atoms with E-state index in [0.29, 0.717) is 5.25 Å². The molecule has 0 aromatic heterocycles. The number of amides is 1. The lowest BCUT2D eigenvalue weighted by atomic mass is 9.86. The van der Waals surface area contributed by atoms with Gasteiger partial charge in [-0.15, -0.1) is 6.58 Å². The molecule has 1 aliphatic heterocycles. The summed E-state index contributed by atoms with van der Waals surface area (Å²) in [6.45, 7) is 8.99. The second-order valence-electron chi connectivity index (χ2n) is 6.32. The Balaban J connectivity index is 2.15. The second-order valence-corrected chi connectivity index (χ2v) is 8.44. The third-order valence-electron chi connectivity index (χ3n) is 4.29. The van der Waals surface area contributed by atoms with Crippen molar-refractivity contribution in [3.8, 4) is 0 Å². The van der Waals surface area contributed by atoms with Crippen molar-refractivity contribution in [3.05, 3.63) is 47.5 Å². The normalized spacial score (nSPS) is 21.7. The highest BCUT2D eigenvalue weighted by Gasteiger charge is 2.34. The molecule has 2 atom stereocenters. The van der Waals surface area contributed by atoms with E-state index in [4.69, 9.17) is 11.6 Å². The molecule has 1 aromatic rings. The smallest absolute Gasteiger partial charge is 0.226 e. The number of carbonyl (C=O) groups excluding carboxylic acids is 1. The summed E-state index contributed by atoms with van der Waals surface area (Å²) >= 11 is 7.91. The van der Waals surface area contributed by atoms with Crippen LogP contribution >= 0.6 is 23.4 Å². The average Bonchev–Trinajstić information content (AvgIpc) is 2.52. The molecule has 2 unspecified atom stereocenters. The fourth-order valence-corrected chi connectivity index (χ4v) is 4.03. The highest BCUT2D eigenvalue weighted by atomic mass is 35.5. The maximum atomic E-state index is 12.9. The summed E-state index contributed by atoms with van der Waals surface area (Å²) < 4.78 is 0. The van der Waals surface area contributed by atoms with Crippen molar-refractivity contribution in [1.82, 2.24) is 4.90 Å². The third-order valence-corrected chi connectivity index (χ3v) is 5.62. The number of allylic oxidation sites excluding steroid dienone is 1. The van der Waals surface area contributed by atoms with Crippen LogP contribution in [0.5, 0.6) is 0 Å². The molecule has 0 spiro atoms. The summed E-state index contributed by atoms with van der Waals surface area (Å²) in [6, 6.07) is 8.11. The molecule has 1 fully saturated rings. The second kappa shape index (κ2) is 8.79. The van der Waals surface area contributed by atoms with Crippen LogP contribution < -0.4 is 0 Å². The van der Waals surface area contributed by atoms with E-state index in [1.54, 1.807) is 0 Å². The molecule has 0 aliphatic carbocycles. The maximum Gasteiger partial charge on any atom is 0.226 e. The van der Waals surface area contributed by atoms with Gasteiger partial charge >= 0.3 is 0 Å². The van der Waals surface area contributed by atoms with E-state index < -0.39 is 0 Å². The molecule has 2 nitrogen and oxygen atoms in total. The van der Waals surface area contributed by atoms with E-state index in [0.717, 1.165) is 36.6 Å². The first-order chi connectivity index (χ1) is 11.0. The molecule has 23 heavy (non-hydrogen) atoms. The predicted molar refractivity (Wildman–Crippen MR) is 101 cm³/mol. The average molecular weight is 352 g/mol. The first kappa shape index (κ1) is 18.4. The van der Waals surface area contributed by atoms with E-state index in [1.807, 2.05) is 30.0 Å². The minimum absolute atomic E-state index is 0.0973. The first-order valence-corrected chi connectivity index (χ1v) is 9.74. The molecule has 0 saturated carbocycles. The Morgan fingerprint density at radius 3 is 2.65 bits per heavy atom. The van der Waals surface area contributed by atoms with E-state index >= 15 is 0 Å². The Morgan fingerprint density at radius 2 is 2.04 bits per heavy atom. The Bertz CT molecular complexity index is 529. The lowest BCUT2D eigenvalue weighted by molar-refractivity contribution is -0.141. The first-order valence-electron chi connectivity index (χ1n) is 8.31. The van der Waals surface area contributed by atoms with Crippen molar-refractivity contribution in [3.63, 3.8) is 0 Å². The number of halogens is 1. The van der Waals surface area contributed by atoms with E-state index in [2.05, 4.69) is 37.5 Å². The highest BCUT2D eigenvalue weighted by Crippen LogP contribution is 2.36. The van der Waals surface area contributed by atoms with Crippen molar-refractivity contribution < 1.29 is 4.79 Å². The van der Waals surface area contributed by atoms with Crippen LogP contribution in [0.2, 0.25) is 5.02 Å². The summed E-state index contributed by atoms with van der Waals surface area (Å²) in [5.74, 6) is 1.36. The third kappa shape index (κ3) is 5.02. The SMILES string of the molecule is C=CCC1CCC(c2ccc(Cl)cc2)N(CCSC(C)C)C1=O. The quantitative estimate of drug-likeness (QED) is 0.618. The molecular weight excluding hydrogens is 326 g/mol. The van der Waals surface area contributed by atoms with Crippen LogP contribution in [0, 0.1) is 5.92 Å². The van der Waals surface area contributed by atoms with Gasteiger partial charge in [0.05, 0.1) is 6.04 Å². The zero-order chi connectivity index (χ0) is 16.8. The Morgan fingerprint density at radius 1 is 1.35 bits per heavy atom. The molecule has 0 N–H and O–H groups in total. The predicted octanol–water partition coefficient (Wildman–Crippen LogP) is 5.34. The van der Waals surface area contributed by atoms with Crippen LogP contribution in [0.4, 0.5) is 0 Å². The highest BCUT2D eigenvalue weighted by molar-refractivity contribution is 7.99. The molecule has 4 heteroatoms. The standard InChI is InChI=1S/C19H26ClNOS/c1-4-5-16-8-11-18(15-6-9-17(20)10-7-15)21(19(16)22)12-13-23-14(2)3/h4,6-7,9-10,14,16,18H,1,5,8,11-13H2,2-3H3. The Kier molecular flexibility index (Phi) is 7.04. The van der Waals surface area contributed by atoms with Gasteiger partial charge in [-0.2, -0.15) is 11.8 Å². The number of likely N-dealkylation sites (tertiary alicyclic amines) is 1. The van der Waals surface area contributed by atoms with E-state index in [9.17, 15) is 4.79 Å². The lowest BCUT2D eigenvalue weighted by Gasteiger charge is -2.39. The summed E-state index contributed by atoms with van der Waals surface area (Å²) in [6.07, 6.45) is 4.59. The minimum Gasteiger partial charge on any atom is -0.335 e. The summed E-state index contributed by atoms with van der Waals surface area (Å²) in [5.41, 5.74) is 1.19. The van der Waals surface area contributed by atoms with Gasteiger partial charge in [-0.05, 0) is 42.2 Å². The van der Waals surface area contributed by atoms with Crippen molar-refractivity contribution in [1.29, 1.82) is 0 Å². The van der Waals surface area contributed by atoms with Gasteiger partial charge in [-0.1, -0.05) is 43.7 Å². The number of nitrogens with zero attached hydrogens (tertiary/aromatic N) is 1. The number of thioether (sulfide) groups is 1. The molecule has 0 radical (unpaired) electrons. The molecular formula is C19H26ClNOS. The zero-order valence-corrected chi connectivity index (χ0v) is 15.6. The molecule has 126 valence electrons. The number of hydrogen-bond donors (Lipinski definition) is 0. The Labute approximate surface area is 149 Å². The molecule has 0 bridgehead atoms. The number of piperidine rings is 1. The van der Waals surface area contributed by atoms with E-state index in [1.165, 1.54) is 5.56 Å². The minimum atomic E-state index is 0.0973. The van der Waals surface area contributed by atoms with Gasteiger partial charge in [0, 0.05) is 23.2 Å². The molecule has 1 heterocycles. The number of benzene rings is 1. The summed E-state index contributed by atoms with van der Waals surface area (Å²) in [5, 5.41) is 1.33. The number of hydrogen-bond acceptors (Lipinski definition) is 2. The monoisotopic (exact) mass is 351 g/mol. The van der Waals surface area contributed by atoms with Crippen LogP contribution in [0.25, 0.3) is 0 Å². The lowest BCUT2D eigenvalue weighted by Crippen LogP contribution is -2.44. The summed E-state index contributed by atoms with van der Waals surface area (Å²) in [4.78, 5) is 15.0. The zero-order valence-electron chi connectivity index (χ0n) is 14.0. The van der Waals surface area contributed by atoms with Crippen molar-refractivity contribution in [2.24, 2.45) is 5.92 Å². The van der Waals surface area contributed by atoms with Gasteiger partial charge in [0.25, 0.3) is 0 Å². The number of rotatable bonds is 7. The molecule has 1 amide bonds. The van der Waals surface area contributed by atoms with E-state index in [-0.39, 0.29) is 17.9 Å². The molecule has 1 aromatic carbocycles. The maximum absolute atomic E-state index is 12.9. The van der Waals surface area contributed by atoms with Crippen molar-refractivity contribution >= 4 is 29.3 Å². The van der Waals surface area contributed by atoms with Gasteiger partial charge in [0.1, 0.15) is 0 Å². The van der Waals surface area contributed by atoms with Gasteiger partial charge in [0.15, 0.2) is 0 Å². The largest absolute Gasteiger partial charge is 0.335 e. The van der Waals surface area contributed by atoms with Gasteiger partial charge in [-0.3, -0.25) is 4.79 Å². The van der Waals surface area contributed by atoms with Gasteiger partial charge in [0.2, 0.25) is 5.91 Å². The number of carbonyl (C=O) groups is 1.